The third kappa shape index (κ3) is 5.94. The minimum absolute atomic E-state index is 0.0292. The summed E-state index contributed by atoms with van der Waals surface area (Å²) in [5.74, 6) is -2.10. The van der Waals surface area contributed by atoms with Crippen LogP contribution < -0.4 is 5.32 Å². The molecule has 2 heterocycles. The van der Waals surface area contributed by atoms with E-state index in [0.29, 0.717) is 4.55 Å². The summed E-state index contributed by atoms with van der Waals surface area (Å²) in [6.07, 6.45) is -0.588. The van der Waals surface area contributed by atoms with Crippen LogP contribution in [0.5, 0.6) is 0 Å². The van der Waals surface area contributed by atoms with Gasteiger partial charge in [-0.05, 0) is 17.2 Å². The van der Waals surface area contributed by atoms with Gasteiger partial charge >= 0.3 is 6.03 Å². The summed E-state index contributed by atoms with van der Waals surface area (Å²) < 4.78 is 28.6. The van der Waals surface area contributed by atoms with Gasteiger partial charge in [-0.1, -0.05) is 89.3 Å². The van der Waals surface area contributed by atoms with E-state index in [1.807, 2.05) is 60.7 Å². The minimum atomic E-state index is -0.905. The van der Waals surface area contributed by atoms with Crippen LogP contribution in [0.4, 0.5) is 13.6 Å². The average molecular weight is 659 g/mol. The molecule has 5 rings (SSSR count). The summed E-state index contributed by atoms with van der Waals surface area (Å²) in [6.45, 7) is 0.0587. The van der Waals surface area contributed by atoms with Gasteiger partial charge in [0.2, 0.25) is 11.8 Å². The average Bonchev–Trinajstić information content (AvgIpc) is 2.96. The number of benzene rings is 3. The zero-order valence-electron chi connectivity index (χ0n) is 21.6. The smallest absolute Gasteiger partial charge is 0.333 e. The molecule has 40 heavy (non-hydrogen) atoms. The molecule has 0 saturated carbocycles. The van der Waals surface area contributed by atoms with Crippen molar-refractivity contribution in [2.45, 2.75) is 31.7 Å². The first-order chi connectivity index (χ1) is 19.4. The molecule has 3 aromatic carbocycles. The van der Waals surface area contributed by atoms with Crippen molar-refractivity contribution in [1.82, 2.24) is 25.1 Å². The van der Waals surface area contributed by atoms with Crippen LogP contribution in [0.15, 0.2) is 78.9 Å². The fraction of sp³-hybridized carbons (Fsp3) is 0.276. The van der Waals surface area contributed by atoms with Crippen molar-refractivity contribution >= 4 is 40.4 Å². The molecule has 208 valence electrons. The maximum absolute atomic E-state index is 14.6. The van der Waals surface area contributed by atoms with Crippen LogP contribution in [0.2, 0.25) is 0 Å². The molecule has 2 aliphatic heterocycles. The zero-order valence-corrected chi connectivity index (χ0v) is 23.7. The summed E-state index contributed by atoms with van der Waals surface area (Å²) in [7, 11) is 0. The topological polar surface area (TPSA) is 76.2 Å². The number of hydrogen-bond donors (Lipinski definition) is 1. The van der Waals surface area contributed by atoms with E-state index in [1.165, 1.54) is 20.9 Å². The molecule has 0 unspecified atom stereocenters. The lowest BCUT2D eigenvalue weighted by Gasteiger charge is -2.55. The number of alkyl halides is 1. The first-order valence-corrected chi connectivity index (χ1v) is 14.4. The Labute approximate surface area is 244 Å². The van der Waals surface area contributed by atoms with E-state index in [1.54, 1.807) is 5.01 Å². The molecule has 2 saturated heterocycles. The summed E-state index contributed by atoms with van der Waals surface area (Å²) in [4.78, 5) is 43.9. The Morgan fingerprint density at radius 1 is 0.950 bits per heavy atom. The van der Waals surface area contributed by atoms with Crippen LogP contribution in [-0.4, -0.2) is 67.5 Å². The van der Waals surface area contributed by atoms with Crippen molar-refractivity contribution in [3.8, 4) is 0 Å². The molecule has 2 atom stereocenters. The summed E-state index contributed by atoms with van der Waals surface area (Å²) in [6, 6.07) is 20.7. The minimum Gasteiger partial charge on any atom is -0.333 e. The Morgan fingerprint density at radius 3 is 2.27 bits per heavy atom. The highest BCUT2D eigenvalue weighted by Crippen LogP contribution is 2.30. The third-order valence-electron chi connectivity index (χ3n) is 7.11. The highest BCUT2D eigenvalue weighted by Gasteiger charge is 2.51. The number of hydrazine groups is 1. The number of nitrogens with one attached hydrogen (secondary N) is 1. The van der Waals surface area contributed by atoms with E-state index >= 15 is 0 Å². The number of carbonyl (C=O) groups is 3. The highest BCUT2D eigenvalue weighted by molar-refractivity contribution is 14.1. The molecular weight excluding hydrogens is 631 g/mol. The summed E-state index contributed by atoms with van der Waals surface area (Å²) in [5.41, 5.74) is 1.91. The standard InChI is InChI=1S/C29H28F2IN5O3/c30-23-12-11-22(24(31)14-23)16-34-17-26-36(25(28(34)39)13-20-7-3-1-4-8-20)27(38)18-35(19-32)37(26)29(40)33-15-21-9-5-2-6-10-21/h1-12,14,25-26H,13,15-19H2,(H,33,40)/t25-,26-/m0/s1. The lowest BCUT2D eigenvalue weighted by molar-refractivity contribution is -0.188. The van der Waals surface area contributed by atoms with Gasteiger partial charge in [-0.15, -0.1) is 0 Å². The molecule has 0 aliphatic carbocycles. The number of fused-ring (bicyclic) bond motifs is 1. The molecule has 3 aromatic rings. The van der Waals surface area contributed by atoms with E-state index < -0.39 is 29.9 Å². The van der Waals surface area contributed by atoms with Gasteiger partial charge in [0.25, 0.3) is 0 Å². The largest absolute Gasteiger partial charge is 0.334 e. The molecule has 4 amide bonds. The van der Waals surface area contributed by atoms with Gasteiger partial charge in [0.1, 0.15) is 23.8 Å². The monoisotopic (exact) mass is 659 g/mol. The predicted octanol–water partition coefficient (Wildman–Crippen LogP) is 3.91. The number of halogens is 3. The van der Waals surface area contributed by atoms with Gasteiger partial charge < -0.3 is 15.1 Å². The van der Waals surface area contributed by atoms with Crippen LogP contribution in [-0.2, 0) is 29.1 Å². The number of rotatable bonds is 7. The Kier molecular flexibility index (Phi) is 8.60. The Bertz CT molecular complexity index is 1380. The first kappa shape index (κ1) is 28.0. The number of carbonyl (C=O) groups excluding carboxylic acids is 3. The fourth-order valence-electron chi connectivity index (χ4n) is 5.19. The normalized spacial score (nSPS) is 19.5. The van der Waals surface area contributed by atoms with Crippen molar-refractivity contribution in [3.63, 3.8) is 0 Å². The molecular formula is C29H28F2IN5O3. The third-order valence-corrected chi connectivity index (χ3v) is 7.90. The van der Waals surface area contributed by atoms with Gasteiger partial charge in [0.15, 0.2) is 0 Å². The molecule has 1 N–H and O–H groups in total. The Balaban J connectivity index is 1.48. The molecule has 2 aliphatic rings. The lowest BCUT2D eigenvalue weighted by atomic mass is 9.98. The van der Waals surface area contributed by atoms with E-state index in [0.717, 1.165) is 23.3 Å². The second kappa shape index (κ2) is 12.3. The fourth-order valence-corrected chi connectivity index (χ4v) is 5.76. The van der Waals surface area contributed by atoms with E-state index in [9.17, 15) is 23.2 Å². The van der Waals surface area contributed by atoms with Gasteiger partial charge in [0.05, 0.1) is 17.6 Å². The van der Waals surface area contributed by atoms with Crippen molar-refractivity contribution in [1.29, 1.82) is 0 Å². The molecule has 0 bridgehead atoms. The van der Waals surface area contributed by atoms with Crippen LogP contribution in [0.1, 0.15) is 16.7 Å². The number of hydrogen-bond acceptors (Lipinski definition) is 4. The molecule has 0 aromatic heterocycles. The van der Waals surface area contributed by atoms with Crippen LogP contribution >= 0.6 is 22.6 Å². The van der Waals surface area contributed by atoms with Crippen molar-refractivity contribution < 1.29 is 23.2 Å². The van der Waals surface area contributed by atoms with E-state index in [4.69, 9.17) is 0 Å². The van der Waals surface area contributed by atoms with Crippen LogP contribution in [0.3, 0.4) is 0 Å². The molecule has 0 radical (unpaired) electrons. The zero-order chi connectivity index (χ0) is 28.2. The Hall–Kier alpha value is -3.58. The van der Waals surface area contributed by atoms with E-state index in [2.05, 4.69) is 27.9 Å². The second-order valence-corrected chi connectivity index (χ2v) is 10.4. The van der Waals surface area contributed by atoms with Crippen molar-refractivity contribution in [2.24, 2.45) is 0 Å². The van der Waals surface area contributed by atoms with Gasteiger partial charge in [-0.2, -0.15) is 5.01 Å². The maximum Gasteiger partial charge on any atom is 0.334 e. The lowest BCUT2D eigenvalue weighted by Crippen LogP contribution is -2.76. The molecule has 2 fully saturated rings. The summed E-state index contributed by atoms with van der Waals surface area (Å²) >= 11 is 2.10. The SMILES string of the molecule is O=C1[C@H](Cc2ccccc2)N2C(=O)CN(CI)N(C(=O)NCc3ccccc3)[C@H]2CN1Cc1ccc(F)cc1F. The van der Waals surface area contributed by atoms with Gasteiger partial charge in [-0.3, -0.25) is 9.59 Å². The highest BCUT2D eigenvalue weighted by atomic mass is 127. The predicted molar refractivity (Wildman–Crippen MR) is 152 cm³/mol. The second-order valence-electron chi connectivity index (χ2n) is 9.71. The van der Waals surface area contributed by atoms with Gasteiger partial charge in [0, 0.05) is 31.1 Å². The summed E-state index contributed by atoms with van der Waals surface area (Å²) in [5, 5.41) is 6.08. The first-order valence-electron chi connectivity index (χ1n) is 12.9. The number of amides is 4. The number of urea groups is 1. The molecule has 11 heteroatoms. The van der Waals surface area contributed by atoms with E-state index in [-0.39, 0.29) is 50.0 Å². The van der Waals surface area contributed by atoms with Crippen LogP contribution in [0.25, 0.3) is 0 Å². The number of nitrogens with zero attached hydrogens (tertiary/aromatic N) is 4. The molecule has 8 nitrogen and oxygen atoms in total. The Morgan fingerprint density at radius 2 is 1.62 bits per heavy atom. The number of piperazine rings is 1. The van der Waals surface area contributed by atoms with Crippen LogP contribution in [0, 0.1) is 11.6 Å². The molecule has 0 spiro atoms. The maximum atomic E-state index is 14.6. The van der Waals surface area contributed by atoms with Crippen molar-refractivity contribution in [3.05, 3.63) is 107 Å². The quantitative estimate of drug-likeness (QED) is 0.237. The van der Waals surface area contributed by atoms with Crippen molar-refractivity contribution in [2.75, 3.05) is 17.6 Å². The van der Waals surface area contributed by atoms with Gasteiger partial charge in [-0.25, -0.2) is 18.6 Å².